The summed E-state index contributed by atoms with van der Waals surface area (Å²) in [4.78, 5) is 0. The van der Waals surface area contributed by atoms with Crippen LogP contribution in [0.5, 0.6) is 0 Å². The van der Waals surface area contributed by atoms with Crippen LogP contribution < -0.4 is 4.13 Å². The topological polar surface area (TPSA) is 58.1 Å². The predicted octanol–water partition coefficient (Wildman–Crippen LogP) is -0.328. The van der Waals surface area contributed by atoms with Crippen molar-refractivity contribution in [3.05, 3.63) is 0 Å². The summed E-state index contributed by atoms with van der Waals surface area (Å²) in [5, 5.41) is 0. The first-order valence-electron chi connectivity index (χ1n) is 1.05. The van der Waals surface area contributed by atoms with Gasteiger partial charge in [-0.05, 0) is 0 Å². The van der Waals surface area contributed by atoms with E-state index in [0.29, 0.717) is 0 Å². The zero-order chi connectivity index (χ0) is 5.86. The van der Waals surface area contributed by atoms with Gasteiger partial charge in [0, 0.05) is 7.77 Å². The summed E-state index contributed by atoms with van der Waals surface area (Å²) >= 11 is -6.04. The number of rotatable bonds is 2. The highest BCUT2D eigenvalue weighted by Crippen LogP contribution is 1.90. The molecule has 0 fully saturated rings. The van der Waals surface area contributed by atoms with Crippen LogP contribution in [0.3, 0.4) is 0 Å². The molecule has 0 aromatic heterocycles. The van der Waals surface area contributed by atoms with E-state index in [1.165, 1.54) is 0 Å². The van der Waals surface area contributed by atoms with Gasteiger partial charge in [-0.3, -0.25) is 0 Å². The fourth-order valence-electron chi connectivity index (χ4n) is 0.0515. The van der Waals surface area contributed by atoms with E-state index in [-0.39, 0.29) is 0 Å². The van der Waals surface area contributed by atoms with E-state index in [1.807, 2.05) is 0 Å². The van der Waals surface area contributed by atoms with Crippen LogP contribution in [0.25, 0.3) is 0 Å². The lowest BCUT2D eigenvalue weighted by Gasteiger charge is -1.91. The van der Waals surface area contributed by atoms with Crippen molar-refractivity contribution in [2.75, 3.05) is 0 Å². The van der Waals surface area contributed by atoms with Gasteiger partial charge in [0.2, 0.25) is 0 Å². The van der Waals surface area contributed by atoms with Gasteiger partial charge in [0.25, 0.3) is 0 Å². The number of hydrogen-bond donors (Lipinski definition) is 1. The molecule has 7 heavy (non-hydrogen) atoms. The van der Waals surface area contributed by atoms with Gasteiger partial charge >= 0.3 is 23.5 Å². The lowest BCUT2D eigenvalue weighted by Crippen LogP contribution is -2.23. The van der Waals surface area contributed by atoms with Crippen molar-refractivity contribution >= 4 is 23.5 Å². The normalized spacial score (nSPS) is 18.9. The number of halogens is 2. The number of hydrogen-bond acceptors (Lipinski definition) is 3. The molecule has 3 nitrogen and oxygen atoms in total. The molecule has 0 aromatic rings. The fourth-order valence-corrected chi connectivity index (χ4v) is 0.464. The smallest absolute Gasteiger partial charge is 0.324 e. The summed E-state index contributed by atoms with van der Waals surface area (Å²) < 4.78 is 41.0. The van der Waals surface area contributed by atoms with Crippen molar-refractivity contribution in [1.82, 2.24) is 4.13 Å². The van der Waals surface area contributed by atoms with Crippen molar-refractivity contribution in [2.24, 2.45) is 0 Å². The zero-order valence-electron chi connectivity index (χ0n) is 2.89. The largest absolute Gasteiger partial charge is 0.557 e. The molecule has 0 radical (unpaired) electrons. The van der Waals surface area contributed by atoms with E-state index in [2.05, 4.69) is 0 Å². The van der Waals surface area contributed by atoms with E-state index in [0.717, 1.165) is 4.13 Å². The molecule has 1 N–H and O–H groups in total. The molecule has 0 aliphatic carbocycles. The maximum absolute atomic E-state index is 10.9. The standard InChI is InChI=1S/F2HNO2S2/c1-6(4)3-7(2)5/h3H. The van der Waals surface area contributed by atoms with E-state index in [9.17, 15) is 7.77 Å². The predicted molar refractivity (Wildman–Crippen MR) is 21.6 cm³/mol. The van der Waals surface area contributed by atoms with E-state index >= 15 is 0 Å². The summed E-state index contributed by atoms with van der Waals surface area (Å²) in [5.74, 6) is 0. The monoisotopic (exact) mass is 149 g/mol. The van der Waals surface area contributed by atoms with Gasteiger partial charge in [-0.15, -0.1) is 0 Å². The summed E-state index contributed by atoms with van der Waals surface area (Å²) in [6.07, 6.45) is 0. The first-order chi connectivity index (χ1) is 3.13. The van der Waals surface area contributed by atoms with Crippen LogP contribution in [0.15, 0.2) is 0 Å². The molecule has 0 rings (SSSR count). The molecule has 0 bridgehead atoms. The Morgan fingerprint density at radius 1 is 1.14 bits per heavy atom. The van der Waals surface area contributed by atoms with Crippen molar-refractivity contribution in [1.29, 1.82) is 0 Å². The molecular weight excluding hydrogens is 148 g/mol. The van der Waals surface area contributed by atoms with Crippen molar-refractivity contribution in [3.63, 3.8) is 0 Å². The van der Waals surface area contributed by atoms with Crippen molar-refractivity contribution in [2.45, 2.75) is 0 Å². The minimum absolute atomic E-state index is 0.917. The van der Waals surface area contributed by atoms with E-state index < -0.39 is 23.5 Å². The highest BCUT2D eigenvalue weighted by Gasteiger charge is 2.16. The highest BCUT2D eigenvalue weighted by atomic mass is 32.3. The number of nitrogens with one attached hydrogen (secondary N) is 1. The van der Waals surface area contributed by atoms with Crippen LogP contribution in [0, 0.1) is 0 Å². The van der Waals surface area contributed by atoms with Crippen LogP contribution in [0.2, 0.25) is 0 Å². The molecule has 2 unspecified atom stereocenters. The van der Waals surface area contributed by atoms with Gasteiger partial charge in [-0.1, -0.05) is 0 Å². The first-order valence-corrected chi connectivity index (χ1v) is 3.15. The lowest BCUT2D eigenvalue weighted by atomic mass is 13.9. The Morgan fingerprint density at radius 2 is 1.43 bits per heavy atom. The molecule has 0 amide bonds. The van der Waals surface area contributed by atoms with Crippen LogP contribution in [-0.4, -0.2) is 9.11 Å². The molecule has 0 heterocycles. The van der Waals surface area contributed by atoms with Gasteiger partial charge in [0.15, 0.2) is 0 Å². The Labute approximate surface area is 45.3 Å². The average Bonchev–Trinajstić information content (AvgIpc) is 1.27. The Kier molecular flexibility index (Phi) is 3.66. The summed E-state index contributed by atoms with van der Waals surface area (Å²) in [6.45, 7) is 0. The molecule has 0 aliphatic rings. The van der Waals surface area contributed by atoms with Gasteiger partial charge in [-0.2, -0.15) is 0 Å². The Morgan fingerprint density at radius 3 is 1.43 bits per heavy atom. The SMILES string of the molecule is [O-][S+](F)N[S+]([O-])F. The molecule has 0 aliphatic heterocycles. The summed E-state index contributed by atoms with van der Waals surface area (Å²) in [5.41, 5.74) is 0. The molecule has 44 valence electrons. The molecule has 0 aromatic carbocycles. The quantitative estimate of drug-likeness (QED) is 0.547. The third-order valence-corrected chi connectivity index (χ3v) is 1.18. The van der Waals surface area contributed by atoms with Gasteiger partial charge < -0.3 is 9.11 Å². The second-order valence-electron chi connectivity index (χ2n) is 0.530. The van der Waals surface area contributed by atoms with Crippen LogP contribution >= 0.6 is 0 Å². The van der Waals surface area contributed by atoms with E-state index in [4.69, 9.17) is 9.11 Å². The van der Waals surface area contributed by atoms with Gasteiger partial charge in [0.1, 0.15) is 4.13 Å². The maximum atomic E-state index is 10.9. The Balaban J connectivity index is 2.95. The molecule has 0 saturated heterocycles. The first kappa shape index (κ1) is 7.44. The lowest BCUT2D eigenvalue weighted by molar-refractivity contribution is 0.525. The Bertz CT molecular complexity index is 43.0. The molecule has 0 spiro atoms. The second kappa shape index (κ2) is 3.44. The van der Waals surface area contributed by atoms with Gasteiger partial charge in [0.05, 0.1) is 0 Å². The third-order valence-electron chi connectivity index (χ3n) is 0.131. The van der Waals surface area contributed by atoms with Crippen molar-refractivity contribution in [3.8, 4) is 0 Å². The van der Waals surface area contributed by atoms with Crippen molar-refractivity contribution < 1.29 is 16.9 Å². The third kappa shape index (κ3) is 6.44. The molecule has 0 saturated carbocycles. The average molecular weight is 149 g/mol. The molecular formula is HF2NO2S2. The fraction of sp³-hybridized carbons (Fsp3) is 0. The van der Waals surface area contributed by atoms with Crippen LogP contribution in [-0.2, 0) is 23.5 Å². The van der Waals surface area contributed by atoms with E-state index in [1.54, 1.807) is 0 Å². The maximum Gasteiger partial charge on any atom is 0.324 e. The zero-order valence-corrected chi connectivity index (χ0v) is 4.52. The molecule has 7 heteroatoms. The van der Waals surface area contributed by atoms with Crippen LogP contribution in [0.1, 0.15) is 0 Å². The highest BCUT2D eigenvalue weighted by molar-refractivity contribution is 7.99. The molecule has 2 atom stereocenters. The Hall–Kier alpha value is 0.440. The minimum atomic E-state index is -3.02. The van der Waals surface area contributed by atoms with Crippen LogP contribution in [0.4, 0.5) is 7.77 Å². The minimum Gasteiger partial charge on any atom is -0.557 e. The van der Waals surface area contributed by atoms with Gasteiger partial charge in [-0.25, -0.2) is 0 Å². The summed E-state index contributed by atoms with van der Waals surface area (Å²) in [7, 11) is 0. The second-order valence-corrected chi connectivity index (χ2v) is 2.09. The summed E-state index contributed by atoms with van der Waals surface area (Å²) in [6, 6.07) is 0.